The minimum atomic E-state index is -1.80. The Hall–Kier alpha value is -2.37. The van der Waals surface area contributed by atoms with Crippen molar-refractivity contribution in [3.05, 3.63) is 59.1 Å². The molecule has 0 fully saturated rings. The summed E-state index contributed by atoms with van der Waals surface area (Å²) in [5.74, 6) is -0.100. The third kappa shape index (κ3) is 3.38. The lowest BCUT2D eigenvalue weighted by atomic mass is 9.90. The van der Waals surface area contributed by atoms with Crippen molar-refractivity contribution in [3.63, 3.8) is 0 Å². The highest BCUT2D eigenvalue weighted by Gasteiger charge is 2.50. The molecule has 0 unspecified atom stereocenters. The Balaban J connectivity index is 1.76. The zero-order chi connectivity index (χ0) is 18.0. The number of ketones is 1. The van der Waals surface area contributed by atoms with E-state index >= 15 is 0 Å². The fourth-order valence-corrected chi connectivity index (χ4v) is 3.17. The van der Waals surface area contributed by atoms with Crippen LogP contribution in [0.2, 0.25) is 5.02 Å². The average Bonchev–Trinajstić information content (AvgIpc) is 2.78. The number of halogens is 1. The van der Waals surface area contributed by atoms with Crippen molar-refractivity contribution in [2.75, 3.05) is 18.1 Å². The lowest BCUT2D eigenvalue weighted by Gasteiger charge is -2.22. The Morgan fingerprint density at radius 2 is 1.88 bits per heavy atom. The predicted octanol–water partition coefficient (Wildman–Crippen LogP) is 2.93. The van der Waals surface area contributed by atoms with E-state index in [1.54, 1.807) is 48.5 Å². The van der Waals surface area contributed by atoms with Gasteiger partial charge in [0, 0.05) is 17.0 Å². The number of para-hydroxylation sites is 1. The normalized spacial score (nSPS) is 19.0. The summed E-state index contributed by atoms with van der Waals surface area (Å²) in [5, 5.41) is 11.4. The smallest absolute Gasteiger partial charge is 0.264 e. The molecule has 0 radical (unpaired) electrons. The van der Waals surface area contributed by atoms with Crippen LogP contribution in [0.4, 0.5) is 5.69 Å². The summed E-state index contributed by atoms with van der Waals surface area (Å²) in [7, 11) is 0. The first-order valence-electron chi connectivity index (χ1n) is 7.93. The zero-order valence-corrected chi connectivity index (χ0v) is 14.5. The number of rotatable bonds is 6. The fourth-order valence-electron chi connectivity index (χ4n) is 3.05. The van der Waals surface area contributed by atoms with Gasteiger partial charge >= 0.3 is 0 Å². The Morgan fingerprint density at radius 3 is 2.56 bits per heavy atom. The number of hydrogen-bond donors (Lipinski definition) is 1. The number of carbonyl (C=O) groups excluding carboxylic acids is 2. The largest absolute Gasteiger partial charge is 0.492 e. The second-order valence-electron chi connectivity index (χ2n) is 6.02. The monoisotopic (exact) mass is 359 g/mol. The number of ether oxygens (including phenoxy) is 1. The summed E-state index contributed by atoms with van der Waals surface area (Å²) in [4.78, 5) is 25.8. The Kier molecular flexibility index (Phi) is 4.79. The lowest BCUT2D eigenvalue weighted by Crippen LogP contribution is -2.43. The van der Waals surface area contributed by atoms with E-state index in [4.69, 9.17) is 16.3 Å². The molecule has 1 N–H and O–H groups in total. The van der Waals surface area contributed by atoms with E-state index in [9.17, 15) is 14.7 Å². The minimum Gasteiger partial charge on any atom is -0.492 e. The van der Waals surface area contributed by atoms with Crippen LogP contribution >= 0.6 is 11.6 Å². The molecule has 0 aromatic heterocycles. The van der Waals surface area contributed by atoms with Gasteiger partial charge in [0.15, 0.2) is 5.60 Å². The van der Waals surface area contributed by atoms with Gasteiger partial charge in [-0.15, -0.1) is 0 Å². The third-order valence-corrected chi connectivity index (χ3v) is 4.39. The van der Waals surface area contributed by atoms with Gasteiger partial charge in [-0.1, -0.05) is 29.8 Å². The molecule has 1 heterocycles. The summed E-state index contributed by atoms with van der Waals surface area (Å²) < 4.78 is 5.63. The van der Waals surface area contributed by atoms with Crippen LogP contribution in [0.1, 0.15) is 18.9 Å². The molecule has 2 aromatic carbocycles. The molecule has 1 aliphatic heterocycles. The highest BCUT2D eigenvalue weighted by Crippen LogP contribution is 2.42. The number of Topliss-reactive ketones (excluding diaryl/α,β-unsaturated/α-hetero) is 1. The number of aliphatic hydroxyl groups is 1. The number of fused-ring (bicyclic) bond motifs is 1. The van der Waals surface area contributed by atoms with Gasteiger partial charge in [-0.3, -0.25) is 9.59 Å². The van der Waals surface area contributed by atoms with E-state index in [0.29, 0.717) is 22.0 Å². The first kappa shape index (κ1) is 17.5. The highest BCUT2D eigenvalue weighted by atomic mass is 35.5. The predicted molar refractivity (Wildman–Crippen MR) is 94.9 cm³/mol. The molecular weight excluding hydrogens is 342 g/mol. The minimum absolute atomic E-state index is 0.239. The number of amides is 1. The quantitative estimate of drug-likeness (QED) is 0.861. The van der Waals surface area contributed by atoms with E-state index < -0.39 is 11.5 Å². The first-order valence-corrected chi connectivity index (χ1v) is 8.31. The number of carbonyl (C=O) groups is 2. The standard InChI is InChI=1S/C19H18ClNO4/c1-13(22)12-19(24)16-4-2-3-5-17(16)21(18(19)23)10-11-25-15-8-6-14(20)7-9-15/h2-9,24H,10-12H2,1H3/t19-/m0/s1. The van der Waals surface area contributed by atoms with Gasteiger partial charge < -0.3 is 14.7 Å². The van der Waals surface area contributed by atoms with E-state index in [1.807, 2.05) is 0 Å². The van der Waals surface area contributed by atoms with E-state index in [1.165, 1.54) is 11.8 Å². The SMILES string of the molecule is CC(=O)C[C@@]1(O)C(=O)N(CCOc2ccc(Cl)cc2)c2ccccc21. The van der Waals surface area contributed by atoms with Crippen LogP contribution in [0.5, 0.6) is 5.75 Å². The molecule has 1 atom stereocenters. The summed E-state index contributed by atoms with van der Waals surface area (Å²) in [6, 6.07) is 13.9. The second-order valence-corrected chi connectivity index (χ2v) is 6.45. The number of benzene rings is 2. The van der Waals surface area contributed by atoms with Gasteiger partial charge in [-0.2, -0.15) is 0 Å². The summed E-state index contributed by atoms with van der Waals surface area (Å²) in [6.45, 7) is 1.87. The van der Waals surface area contributed by atoms with Gasteiger partial charge in [0.25, 0.3) is 5.91 Å². The van der Waals surface area contributed by atoms with Crippen LogP contribution in [0.15, 0.2) is 48.5 Å². The van der Waals surface area contributed by atoms with Crippen LogP contribution in [0.25, 0.3) is 0 Å². The highest BCUT2D eigenvalue weighted by molar-refractivity contribution is 6.30. The van der Waals surface area contributed by atoms with Crippen molar-refractivity contribution in [1.29, 1.82) is 0 Å². The molecule has 0 spiro atoms. The molecule has 0 aliphatic carbocycles. The number of anilines is 1. The molecule has 25 heavy (non-hydrogen) atoms. The molecule has 6 heteroatoms. The van der Waals surface area contributed by atoms with Crippen LogP contribution in [0, 0.1) is 0 Å². The molecule has 130 valence electrons. The average molecular weight is 360 g/mol. The van der Waals surface area contributed by atoms with Gasteiger partial charge in [0.05, 0.1) is 12.2 Å². The van der Waals surface area contributed by atoms with Crippen molar-refractivity contribution in [2.45, 2.75) is 18.9 Å². The Morgan fingerprint density at radius 1 is 1.20 bits per heavy atom. The zero-order valence-electron chi connectivity index (χ0n) is 13.7. The molecule has 0 saturated carbocycles. The molecule has 2 aromatic rings. The maximum Gasteiger partial charge on any atom is 0.264 e. The fraction of sp³-hybridized carbons (Fsp3) is 0.263. The Labute approximate surface area is 150 Å². The van der Waals surface area contributed by atoms with Gasteiger partial charge in [0.1, 0.15) is 18.1 Å². The third-order valence-electron chi connectivity index (χ3n) is 4.14. The topological polar surface area (TPSA) is 66.8 Å². The van der Waals surface area contributed by atoms with Crippen LogP contribution < -0.4 is 9.64 Å². The van der Waals surface area contributed by atoms with Crippen molar-refractivity contribution < 1.29 is 19.4 Å². The van der Waals surface area contributed by atoms with Gasteiger partial charge in [-0.05, 0) is 37.3 Å². The maximum atomic E-state index is 12.8. The van der Waals surface area contributed by atoms with Crippen LogP contribution in [-0.2, 0) is 15.2 Å². The molecule has 5 nitrogen and oxygen atoms in total. The lowest BCUT2D eigenvalue weighted by molar-refractivity contribution is -0.141. The Bertz CT molecular complexity index is 805. The molecule has 1 amide bonds. The molecule has 3 rings (SSSR count). The first-order chi connectivity index (χ1) is 11.9. The van der Waals surface area contributed by atoms with E-state index in [2.05, 4.69) is 0 Å². The molecule has 0 bridgehead atoms. The van der Waals surface area contributed by atoms with E-state index in [-0.39, 0.29) is 25.4 Å². The van der Waals surface area contributed by atoms with Crippen LogP contribution in [-0.4, -0.2) is 29.9 Å². The van der Waals surface area contributed by atoms with Crippen molar-refractivity contribution in [1.82, 2.24) is 0 Å². The molecule has 0 saturated heterocycles. The molecular formula is C19H18ClNO4. The maximum absolute atomic E-state index is 12.8. The summed E-state index contributed by atoms with van der Waals surface area (Å²) in [5.41, 5.74) is -0.736. The number of hydrogen-bond acceptors (Lipinski definition) is 4. The second kappa shape index (κ2) is 6.86. The van der Waals surface area contributed by atoms with Crippen LogP contribution in [0.3, 0.4) is 0 Å². The van der Waals surface area contributed by atoms with Crippen molar-refractivity contribution in [2.24, 2.45) is 0 Å². The molecule has 1 aliphatic rings. The van der Waals surface area contributed by atoms with Crippen molar-refractivity contribution in [3.8, 4) is 5.75 Å². The van der Waals surface area contributed by atoms with Gasteiger partial charge in [-0.25, -0.2) is 0 Å². The van der Waals surface area contributed by atoms with E-state index in [0.717, 1.165) is 0 Å². The summed E-state index contributed by atoms with van der Waals surface area (Å²) in [6.07, 6.45) is -0.239. The number of nitrogens with zero attached hydrogens (tertiary/aromatic N) is 1. The van der Waals surface area contributed by atoms with Crippen molar-refractivity contribution >= 4 is 29.0 Å². The van der Waals surface area contributed by atoms with Gasteiger partial charge in [0.2, 0.25) is 0 Å². The summed E-state index contributed by atoms with van der Waals surface area (Å²) >= 11 is 5.83.